The number of rotatable bonds is 2. The standard InChI is InChI=1S/C17H13N3S/c1-12-10-14(21-11-12)17-16(13-5-7-18-8-6-13)19-15-4-2-3-9-20(15)17/h2-11H,1H3. The molecule has 0 saturated carbocycles. The molecule has 4 rings (SSSR count). The van der Waals surface area contributed by atoms with E-state index in [2.05, 4.69) is 34.0 Å². The van der Waals surface area contributed by atoms with Crippen LogP contribution < -0.4 is 0 Å². The van der Waals surface area contributed by atoms with Gasteiger partial charge in [-0.3, -0.25) is 9.38 Å². The third-order valence-electron chi connectivity index (χ3n) is 3.45. The average molecular weight is 291 g/mol. The second kappa shape index (κ2) is 4.82. The first-order chi connectivity index (χ1) is 10.3. The number of imidazole rings is 1. The van der Waals surface area contributed by atoms with Crippen LogP contribution in [-0.2, 0) is 0 Å². The van der Waals surface area contributed by atoms with Crippen molar-refractivity contribution in [1.82, 2.24) is 14.4 Å². The van der Waals surface area contributed by atoms with Crippen LogP contribution in [0.15, 0.2) is 60.4 Å². The van der Waals surface area contributed by atoms with Crippen LogP contribution in [0.4, 0.5) is 0 Å². The molecule has 4 heterocycles. The van der Waals surface area contributed by atoms with Crippen molar-refractivity contribution in [2.45, 2.75) is 6.92 Å². The maximum Gasteiger partial charge on any atom is 0.137 e. The summed E-state index contributed by atoms with van der Waals surface area (Å²) in [6.07, 6.45) is 5.68. The van der Waals surface area contributed by atoms with E-state index in [-0.39, 0.29) is 0 Å². The van der Waals surface area contributed by atoms with Gasteiger partial charge in [0.2, 0.25) is 0 Å². The first-order valence-corrected chi connectivity index (χ1v) is 7.64. The Morgan fingerprint density at radius 3 is 2.71 bits per heavy atom. The number of aryl methyl sites for hydroxylation is 1. The molecule has 0 atom stereocenters. The van der Waals surface area contributed by atoms with Gasteiger partial charge in [0, 0.05) is 24.2 Å². The summed E-state index contributed by atoms with van der Waals surface area (Å²) in [7, 11) is 0. The summed E-state index contributed by atoms with van der Waals surface area (Å²) in [6.45, 7) is 2.12. The van der Waals surface area contributed by atoms with Gasteiger partial charge in [-0.25, -0.2) is 4.98 Å². The quantitative estimate of drug-likeness (QED) is 0.547. The second-order valence-electron chi connectivity index (χ2n) is 4.96. The van der Waals surface area contributed by atoms with Gasteiger partial charge in [-0.2, -0.15) is 0 Å². The molecule has 0 aromatic carbocycles. The molecule has 4 aromatic heterocycles. The Balaban J connectivity index is 2.06. The SMILES string of the molecule is Cc1csc(-c2c(-c3ccncc3)nc3ccccn23)c1. The largest absolute Gasteiger partial charge is 0.298 e. The highest BCUT2D eigenvalue weighted by Crippen LogP contribution is 2.35. The Hall–Kier alpha value is -2.46. The maximum atomic E-state index is 4.81. The summed E-state index contributed by atoms with van der Waals surface area (Å²) in [4.78, 5) is 10.1. The summed E-state index contributed by atoms with van der Waals surface area (Å²) in [6, 6.07) is 12.3. The van der Waals surface area contributed by atoms with E-state index in [1.54, 1.807) is 11.3 Å². The minimum atomic E-state index is 0.963. The summed E-state index contributed by atoms with van der Waals surface area (Å²) < 4.78 is 2.15. The van der Waals surface area contributed by atoms with Crippen LogP contribution in [-0.4, -0.2) is 14.4 Å². The summed E-state index contributed by atoms with van der Waals surface area (Å²) >= 11 is 1.75. The van der Waals surface area contributed by atoms with Crippen LogP contribution in [0.25, 0.3) is 27.5 Å². The predicted octanol–water partition coefficient (Wildman–Crippen LogP) is 4.43. The van der Waals surface area contributed by atoms with Crippen molar-refractivity contribution < 1.29 is 0 Å². The number of nitrogens with zero attached hydrogens (tertiary/aromatic N) is 3. The monoisotopic (exact) mass is 291 g/mol. The lowest BCUT2D eigenvalue weighted by Gasteiger charge is -2.02. The van der Waals surface area contributed by atoms with Crippen LogP contribution in [0.2, 0.25) is 0 Å². The van der Waals surface area contributed by atoms with E-state index in [4.69, 9.17) is 4.98 Å². The summed E-state index contributed by atoms with van der Waals surface area (Å²) in [5.74, 6) is 0. The van der Waals surface area contributed by atoms with E-state index in [0.717, 1.165) is 22.6 Å². The van der Waals surface area contributed by atoms with Crippen LogP contribution in [0.3, 0.4) is 0 Å². The Bertz CT molecular complexity index is 906. The fraction of sp³-hybridized carbons (Fsp3) is 0.0588. The Morgan fingerprint density at radius 2 is 1.95 bits per heavy atom. The highest BCUT2D eigenvalue weighted by Gasteiger charge is 2.16. The first-order valence-electron chi connectivity index (χ1n) is 6.76. The van der Waals surface area contributed by atoms with Gasteiger partial charge >= 0.3 is 0 Å². The minimum Gasteiger partial charge on any atom is -0.298 e. The molecule has 0 aliphatic heterocycles. The molecule has 0 unspecified atom stereocenters. The van der Waals surface area contributed by atoms with Crippen molar-refractivity contribution in [3.05, 3.63) is 65.9 Å². The fourth-order valence-corrected chi connectivity index (χ4v) is 3.44. The van der Waals surface area contributed by atoms with Crippen LogP contribution in [0.5, 0.6) is 0 Å². The highest BCUT2D eigenvalue weighted by atomic mass is 32.1. The molecule has 0 aliphatic carbocycles. The van der Waals surface area contributed by atoms with E-state index in [9.17, 15) is 0 Å². The lowest BCUT2D eigenvalue weighted by atomic mass is 10.1. The van der Waals surface area contributed by atoms with E-state index in [1.165, 1.54) is 10.4 Å². The van der Waals surface area contributed by atoms with E-state index in [0.29, 0.717) is 0 Å². The van der Waals surface area contributed by atoms with Gasteiger partial charge in [-0.15, -0.1) is 11.3 Å². The Morgan fingerprint density at radius 1 is 1.10 bits per heavy atom. The molecule has 0 bridgehead atoms. The molecule has 0 spiro atoms. The number of aromatic nitrogens is 3. The van der Waals surface area contributed by atoms with Crippen molar-refractivity contribution in [3.8, 4) is 21.8 Å². The minimum absolute atomic E-state index is 0.963. The molecule has 0 amide bonds. The average Bonchev–Trinajstić information content (AvgIpc) is 3.11. The molecule has 0 saturated heterocycles. The van der Waals surface area contributed by atoms with Gasteiger partial charge in [0.25, 0.3) is 0 Å². The topological polar surface area (TPSA) is 30.2 Å². The Kier molecular flexibility index (Phi) is 2.82. The zero-order valence-corrected chi connectivity index (χ0v) is 12.3. The third kappa shape index (κ3) is 2.04. The van der Waals surface area contributed by atoms with Gasteiger partial charge in [0.05, 0.1) is 16.3 Å². The zero-order chi connectivity index (χ0) is 14.2. The third-order valence-corrected chi connectivity index (χ3v) is 4.50. The van der Waals surface area contributed by atoms with Gasteiger partial charge < -0.3 is 0 Å². The van der Waals surface area contributed by atoms with Crippen LogP contribution in [0, 0.1) is 6.92 Å². The van der Waals surface area contributed by atoms with Crippen LogP contribution >= 0.6 is 11.3 Å². The van der Waals surface area contributed by atoms with Crippen molar-refractivity contribution in [3.63, 3.8) is 0 Å². The van der Waals surface area contributed by atoms with Gasteiger partial charge in [0.15, 0.2) is 0 Å². The van der Waals surface area contributed by atoms with Crippen LogP contribution in [0.1, 0.15) is 5.56 Å². The van der Waals surface area contributed by atoms with Crippen molar-refractivity contribution >= 4 is 17.0 Å². The summed E-state index contributed by atoms with van der Waals surface area (Å²) in [5.41, 5.74) is 5.49. The Labute approximate surface area is 126 Å². The smallest absolute Gasteiger partial charge is 0.137 e. The van der Waals surface area contributed by atoms with E-state index in [1.807, 2.05) is 42.7 Å². The van der Waals surface area contributed by atoms with Gasteiger partial charge in [-0.1, -0.05) is 6.07 Å². The van der Waals surface area contributed by atoms with E-state index < -0.39 is 0 Å². The zero-order valence-electron chi connectivity index (χ0n) is 11.5. The number of thiophene rings is 1. The molecule has 0 radical (unpaired) electrons. The molecule has 3 nitrogen and oxygen atoms in total. The van der Waals surface area contributed by atoms with Gasteiger partial charge in [0.1, 0.15) is 5.65 Å². The molecule has 102 valence electrons. The molecular weight excluding hydrogens is 278 g/mol. The molecular formula is C17H13N3S. The number of hydrogen-bond acceptors (Lipinski definition) is 3. The number of fused-ring (bicyclic) bond motifs is 1. The maximum absolute atomic E-state index is 4.81. The highest BCUT2D eigenvalue weighted by molar-refractivity contribution is 7.13. The summed E-state index contributed by atoms with van der Waals surface area (Å²) in [5, 5.41) is 2.17. The van der Waals surface area contributed by atoms with Crippen molar-refractivity contribution in [1.29, 1.82) is 0 Å². The second-order valence-corrected chi connectivity index (χ2v) is 5.87. The molecule has 0 N–H and O–H groups in total. The molecule has 0 aliphatic rings. The molecule has 4 heteroatoms. The fourth-order valence-electron chi connectivity index (χ4n) is 2.50. The number of pyridine rings is 2. The normalized spacial score (nSPS) is 11.1. The molecule has 0 fully saturated rings. The lowest BCUT2D eigenvalue weighted by Crippen LogP contribution is -1.87. The predicted molar refractivity (Wildman–Crippen MR) is 86.5 cm³/mol. The van der Waals surface area contributed by atoms with Gasteiger partial charge in [-0.05, 0) is 48.2 Å². The molecule has 21 heavy (non-hydrogen) atoms. The lowest BCUT2D eigenvalue weighted by molar-refractivity contribution is 1.20. The van der Waals surface area contributed by atoms with E-state index >= 15 is 0 Å². The first kappa shape index (κ1) is 12.3. The number of hydrogen-bond donors (Lipinski definition) is 0. The van der Waals surface area contributed by atoms with Crippen molar-refractivity contribution in [2.75, 3.05) is 0 Å². The molecule has 4 aromatic rings. The van der Waals surface area contributed by atoms with Crippen molar-refractivity contribution in [2.24, 2.45) is 0 Å².